The van der Waals surface area contributed by atoms with E-state index in [0.29, 0.717) is 0 Å². The van der Waals surface area contributed by atoms with Crippen LogP contribution in [0.25, 0.3) is 10.9 Å². The summed E-state index contributed by atoms with van der Waals surface area (Å²) >= 11 is 0. The molecule has 0 aliphatic rings. The molecule has 0 radical (unpaired) electrons. The van der Waals surface area contributed by atoms with E-state index < -0.39 is 0 Å². The largest absolute Gasteiger partial charge is 0.345 e. The van der Waals surface area contributed by atoms with Gasteiger partial charge in [0, 0.05) is 24.0 Å². The minimum Gasteiger partial charge on any atom is -0.305 e. The first kappa shape index (κ1) is 8.67. The molecule has 2 aromatic heterocycles. The van der Waals surface area contributed by atoms with Crippen LogP contribution in [0.3, 0.4) is 0 Å². The van der Waals surface area contributed by atoms with Gasteiger partial charge in [-0.25, -0.2) is 9.78 Å². The predicted molar refractivity (Wildman–Crippen MR) is 47.4 cm³/mol. The number of hydrogen-bond acceptors (Lipinski definition) is 3. The van der Waals surface area contributed by atoms with Crippen molar-refractivity contribution >= 4 is 23.3 Å². The van der Waals surface area contributed by atoms with Crippen molar-refractivity contribution in [1.82, 2.24) is 15.0 Å². The number of pyridine rings is 1. The Morgan fingerprint density at radius 3 is 3.00 bits per heavy atom. The minimum atomic E-state index is -0.330. The van der Waals surface area contributed by atoms with Crippen LogP contribution in [0.2, 0.25) is 0 Å². The van der Waals surface area contributed by atoms with Gasteiger partial charge >= 0.3 is 5.69 Å². The van der Waals surface area contributed by atoms with E-state index in [-0.39, 0.29) is 18.1 Å². The Morgan fingerprint density at radius 2 is 2.17 bits per heavy atom. The van der Waals surface area contributed by atoms with Crippen LogP contribution >= 0.6 is 12.4 Å². The van der Waals surface area contributed by atoms with E-state index in [1.165, 1.54) is 6.20 Å². The van der Waals surface area contributed by atoms with Gasteiger partial charge in [-0.3, -0.25) is 4.98 Å². The summed E-state index contributed by atoms with van der Waals surface area (Å²) in [5.74, 6) is 0. The molecule has 0 aliphatic heterocycles. The van der Waals surface area contributed by atoms with Gasteiger partial charge in [-0.15, -0.1) is 12.4 Å². The Hall–Kier alpha value is -1.42. The third kappa shape index (κ3) is 1.43. The Morgan fingerprint density at radius 1 is 1.33 bits per heavy atom. The molecule has 4 nitrogen and oxygen atoms in total. The standard InChI is InChI=1S/C7H5N3O.ClH/c11-7-9-4-5-3-8-2-1-6(5)10-7;/h1-4H,(H,9,10,11);1H. The van der Waals surface area contributed by atoms with Crippen LogP contribution in [0, 0.1) is 0 Å². The monoisotopic (exact) mass is 183 g/mol. The fraction of sp³-hybridized carbons (Fsp3) is 0. The fourth-order valence-corrected chi connectivity index (χ4v) is 0.899. The van der Waals surface area contributed by atoms with Crippen LogP contribution in [0.5, 0.6) is 0 Å². The number of rotatable bonds is 0. The maximum Gasteiger partial charge on any atom is 0.345 e. The van der Waals surface area contributed by atoms with Crippen LogP contribution < -0.4 is 5.69 Å². The van der Waals surface area contributed by atoms with Crippen molar-refractivity contribution in [2.45, 2.75) is 0 Å². The van der Waals surface area contributed by atoms with Crippen LogP contribution in [0.15, 0.2) is 29.5 Å². The van der Waals surface area contributed by atoms with Gasteiger partial charge in [0.15, 0.2) is 0 Å². The second-order valence-electron chi connectivity index (χ2n) is 2.15. The quantitative estimate of drug-likeness (QED) is 0.656. The highest BCUT2D eigenvalue weighted by Crippen LogP contribution is 2.02. The van der Waals surface area contributed by atoms with Gasteiger partial charge in [0.05, 0.1) is 5.52 Å². The Balaban J connectivity index is 0.000000720. The van der Waals surface area contributed by atoms with Crippen molar-refractivity contribution in [3.8, 4) is 0 Å². The van der Waals surface area contributed by atoms with Crippen molar-refractivity contribution in [1.29, 1.82) is 0 Å². The maximum absolute atomic E-state index is 10.7. The Bertz CT molecular complexity index is 440. The van der Waals surface area contributed by atoms with Crippen LogP contribution in [-0.2, 0) is 0 Å². The molecule has 5 heteroatoms. The average molecular weight is 184 g/mol. The molecule has 2 aromatic rings. The van der Waals surface area contributed by atoms with Crippen LogP contribution in [0.4, 0.5) is 0 Å². The number of nitrogens with one attached hydrogen (secondary N) is 1. The molecule has 0 atom stereocenters. The first-order chi connectivity index (χ1) is 5.36. The number of halogens is 1. The number of nitrogens with zero attached hydrogens (tertiary/aromatic N) is 2. The molecule has 0 unspecified atom stereocenters. The lowest BCUT2D eigenvalue weighted by Crippen LogP contribution is -2.08. The summed E-state index contributed by atoms with van der Waals surface area (Å²) in [7, 11) is 0. The molecule has 12 heavy (non-hydrogen) atoms. The second-order valence-corrected chi connectivity index (χ2v) is 2.15. The predicted octanol–water partition coefficient (Wildman–Crippen LogP) is 0.740. The van der Waals surface area contributed by atoms with E-state index in [1.54, 1.807) is 18.5 Å². The lowest BCUT2D eigenvalue weighted by molar-refractivity contribution is 1.11. The molecule has 0 fully saturated rings. The SMILES string of the molecule is Cl.O=c1ncc2cnccc2[nH]1. The highest BCUT2D eigenvalue weighted by atomic mass is 35.5. The number of hydrogen-bond donors (Lipinski definition) is 1. The average Bonchev–Trinajstić information content (AvgIpc) is 2.04. The number of fused-ring (bicyclic) bond motifs is 1. The molecule has 2 heterocycles. The van der Waals surface area contributed by atoms with Crippen molar-refractivity contribution in [3.05, 3.63) is 35.1 Å². The molecule has 62 valence electrons. The molecule has 0 spiro atoms. The lowest BCUT2D eigenvalue weighted by Gasteiger charge is -1.91. The molecule has 1 N–H and O–H groups in total. The molecular weight excluding hydrogens is 178 g/mol. The van der Waals surface area contributed by atoms with E-state index in [9.17, 15) is 4.79 Å². The number of aromatic amines is 1. The summed E-state index contributed by atoms with van der Waals surface area (Å²) in [6.07, 6.45) is 4.78. The zero-order valence-electron chi connectivity index (χ0n) is 6.02. The Labute approximate surface area is 74.1 Å². The summed E-state index contributed by atoms with van der Waals surface area (Å²) in [5, 5.41) is 0.840. The molecule has 0 amide bonds. The van der Waals surface area contributed by atoms with Crippen molar-refractivity contribution in [2.24, 2.45) is 0 Å². The zero-order valence-corrected chi connectivity index (χ0v) is 6.84. The summed E-state index contributed by atoms with van der Waals surface area (Å²) in [4.78, 5) is 20.7. The van der Waals surface area contributed by atoms with E-state index in [2.05, 4.69) is 15.0 Å². The highest BCUT2D eigenvalue weighted by molar-refractivity contribution is 5.85. The molecule has 0 aliphatic carbocycles. The van der Waals surface area contributed by atoms with E-state index in [1.807, 2.05) is 0 Å². The molecule has 0 bridgehead atoms. The van der Waals surface area contributed by atoms with E-state index in [4.69, 9.17) is 0 Å². The zero-order chi connectivity index (χ0) is 7.68. The normalized spacial score (nSPS) is 9.33. The molecule has 0 saturated carbocycles. The maximum atomic E-state index is 10.7. The fourth-order valence-electron chi connectivity index (χ4n) is 0.899. The van der Waals surface area contributed by atoms with E-state index in [0.717, 1.165) is 10.9 Å². The van der Waals surface area contributed by atoms with Crippen LogP contribution in [0.1, 0.15) is 0 Å². The van der Waals surface area contributed by atoms with Crippen molar-refractivity contribution in [2.75, 3.05) is 0 Å². The first-order valence-electron chi connectivity index (χ1n) is 3.15. The first-order valence-corrected chi connectivity index (χ1v) is 3.15. The number of aromatic nitrogens is 3. The lowest BCUT2D eigenvalue weighted by atomic mass is 10.3. The van der Waals surface area contributed by atoms with Gasteiger partial charge in [-0.05, 0) is 6.07 Å². The summed E-state index contributed by atoms with van der Waals surface area (Å²) in [5.41, 5.74) is 0.434. The third-order valence-corrected chi connectivity index (χ3v) is 1.41. The molecule has 2 rings (SSSR count). The highest BCUT2D eigenvalue weighted by Gasteiger charge is 1.91. The molecule has 0 aromatic carbocycles. The second kappa shape index (κ2) is 3.32. The summed E-state index contributed by atoms with van der Waals surface area (Å²) in [6.45, 7) is 0. The van der Waals surface area contributed by atoms with Crippen LogP contribution in [-0.4, -0.2) is 15.0 Å². The number of H-pyrrole nitrogens is 1. The Kier molecular flexibility index (Phi) is 2.40. The molecular formula is C7H6ClN3O. The summed E-state index contributed by atoms with van der Waals surface area (Å²) < 4.78 is 0. The van der Waals surface area contributed by atoms with E-state index >= 15 is 0 Å². The molecule has 0 saturated heterocycles. The third-order valence-electron chi connectivity index (χ3n) is 1.41. The minimum absolute atomic E-state index is 0. The van der Waals surface area contributed by atoms with Crippen molar-refractivity contribution in [3.63, 3.8) is 0 Å². The topological polar surface area (TPSA) is 58.6 Å². The van der Waals surface area contributed by atoms with Gasteiger partial charge < -0.3 is 4.98 Å². The van der Waals surface area contributed by atoms with Gasteiger partial charge in [-0.1, -0.05) is 0 Å². The van der Waals surface area contributed by atoms with Gasteiger partial charge in [-0.2, -0.15) is 0 Å². The van der Waals surface area contributed by atoms with Gasteiger partial charge in [0.25, 0.3) is 0 Å². The van der Waals surface area contributed by atoms with Crippen molar-refractivity contribution < 1.29 is 0 Å². The van der Waals surface area contributed by atoms with Gasteiger partial charge in [0.1, 0.15) is 0 Å². The summed E-state index contributed by atoms with van der Waals surface area (Å²) in [6, 6.07) is 1.73. The van der Waals surface area contributed by atoms with Gasteiger partial charge in [0.2, 0.25) is 0 Å². The smallest absolute Gasteiger partial charge is 0.305 e.